The van der Waals surface area contributed by atoms with Gasteiger partial charge in [-0.2, -0.15) is 0 Å². The first-order valence-electron chi connectivity index (χ1n) is 5.42. The Bertz CT molecular complexity index is 134. The second-order valence-corrected chi connectivity index (χ2v) is 4.44. The summed E-state index contributed by atoms with van der Waals surface area (Å²) in [6, 6.07) is 0.588. The predicted octanol–water partition coefficient (Wildman–Crippen LogP) is 2.36. The van der Waals surface area contributed by atoms with Crippen LogP contribution in [0.5, 0.6) is 0 Å². The molecule has 13 heavy (non-hydrogen) atoms. The molecule has 0 radical (unpaired) electrons. The van der Waals surface area contributed by atoms with Crippen LogP contribution < -0.4 is 10.6 Å². The highest BCUT2D eigenvalue weighted by atomic mass is 15.2. The van der Waals surface area contributed by atoms with E-state index >= 15 is 0 Å². The Morgan fingerprint density at radius 2 is 1.77 bits per heavy atom. The van der Waals surface area contributed by atoms with Crippen molar-refractivity contribution < 1.29 is 0 Å². The molecule has 0 saturated carbocycles. The van der Waals surface area contributed by atoms with Crippen LogP contribution in [0, 0.1) is 5.92 Å². The van der Waals surface area contributed by atoms with E-state index in [4.69, 9.17) is 0 Å². The van der Waals surface area contributed by atoms with Crippen LogP contribution in [0.1, 0.15) is 47.5 Å². The second-order valence-electron chi connectivity index (χ2n) is 4.44. The summed E-state index contributed by atoms with van der Waals surface area (Å²) in [5.74, 6) is 0.594. The third-order valence-electron chi connectivity index (χ3n) is 2.94. The summed E-state index contributed by atoms with van der Waals surface area (Å²) in [5.41, 5.74) is 0.0641. The highest BCUT2D eigenvalue weighted by molar-refractivity contribution is 4.84. The molecule has 0 fully saturated rings. The van der Waals surface area contributed by atoms with Crippen molar-refractivity contribution in [3.05, 3.63) is 0 Å². The van der Waals surface area contributed by atoms with Crippen molar-refractivity contribution in [3.63, 3.8) is 0 Å². The molecule has 2 heteroatoms. The van der Waals surface area contributed by atoms with Crippen molar-refractivity contribution in [3.8, 4) is 0 Å². The molecule has 0 aromatic heterocycles. The van der Waals surface area contributed by atoms with Crippen molar-refractivity contribution in [2.24, 2.45) is 5.92 Å². The Hall–Kier alpha value is -0.0800. The summed E-state index contributed by atoms with van der Waals surface area (Å²) in [5, 5.41) is 6.99. The minimum Gasteiger partial charge on any atom is -0.302 e. The maximum Gasteiger partial charge on any atom is 0.0681 e. The lowest BCUT2D eigenvalue weighted by Crippen LogP contribution is -2.59. The van der Waals surface area contributed by atoms with Crippen LogP contribution in [-0.2, 0) is 0 Å². The average Bonchev–Trinajstić information content (AvgIpc) is 2.04. The molecule has 0 amide bonds. The summed E-state index contributed by atoms with van der Waals surface area (Å²) in [6.45, 7) is 11.2. The Morgan fingerprint density at radius 3 is 2.08 bits per heavy atom. The van der Waals surface area contributed by atoms with E-state index in [-0.39, 0.29) is 5.66 Å². The standard InChI is InChI=1S/C11H26N2/c1-7-8-10(4)13-11(5,12-6)9(2)3/h9-10,12-13H,7-8H2,1-6H3. The van der Waals surface area contributed by atoms with Gasteiger partial charge in [0.15, 0.2) is 0 Å². The zero-order valence-electron chi connectivity index (χ0n) is 10.1. The Labute approximate surface area is 83.5 Å². The van der Waals surface area contributed by atoms with E-state index in [0.29, 0.717) is 12.0 Å². The fraction of sp³-hybridized carbons (Fsp3) is 1.00. The third kappa shape index (κ3) is 4.10. The van der Waals surface area contributed by atoms with Gasteiger partial charge in [0.2, 0.25) is 0 Å². The van der Waals surface area contributed by atoms with E-state index in [9.17, 15) is 0 Å². The summed E-state index contributed by atoms with van der Waals surface area (Å²) >= 11 is 0. The minimum absolute atomic E-state index is 0.0641. The van der Waals surface area contributed by atoms with Crippen molar-refractivity contribution in [1.29, 1.82) is 0 Å². The largest absolute Gasteiger partial charge is 0.302 e. The Kier molecular flexibility index (Phi) is 5.57. The molecule has 0 aliphatic carbocycles. The number of hydrogen-bond acceptors (Lipinski definition) is 2. The van der Waals surface area contributed by atoms with E-state index in [2.05, 4.69) is 45.3 Å². The van der Waals surface area contributed by atoms with Gasteiger partial charge in [0.25, 0.3) is 0 Å². The first kappa shape index (κ1) is 12.9. The molecule has 0 rings (SSSR count). The smallest absolute Gasteiger partial charge is 0.0681 e. The van der Waals surface area contributed by atoms with Gasteiger partial charge in [-0.1, -0.05) is 27.2 Å². The molecule has 0 bridgehead atoms. The number of rotatable bonds is 6. The van der Waals surface area contributed by atoms with Gasteiger partial charge in [-0.25, -0.2) is 0 Å². The molecule has 0 saturated heterocycles. The van der Waals surface area contributed by atoms with Gasteiger partial charge in [0, 0.05) is 6.04 Å². The molecule has 0 heterocycles. The van der Waals surface area contributed by atoms with Gasteiger partial charge >= 0.3 is 0 Å². The SMILES string of the molecule is CCCC(C)NC(C)(NC)C(C)C. The summed E-state index contributed by atoms with van der Waals surface area (Å²) in [7, 11) is 2.02. The van der Waals surface area contributed by atoms with Crippen LogP contribution in [0.4, 0.5) is 0 Å². The summed E-state index contributed by atoms with van der Waals surface area (Å²) < 4.78 is 0. The molecule has 0 aromatic carbocycles. The second kappa shape index (κ2) is 5.61. The van der Waals surface area contributed by atoms with Crippen LogP contribution in [0.3, 0.4) is 0 Å². The zero-order chi connectivity index (χ0) is 10.5. The average molecular weight is 186 g/mol. The monoisotopic (exact) mass is 186 g/mol. The predicted molar refractivity (Wildman–Crippen MR) is 59.8 cm³/mol. The molecule has 80 valence electrons. The van der Waals surface area contributed by atoms with E-state index in [1.807, 2.05) is 7.05 Å². The van der Waals surface area contributed by atoms with Crippen molar-refractivity contribution in [2.45, 2.75) is 59.2 Å². The Morgan fingerprint density at radius 1 is 1.23 bits per heavy atom. The van der Waals surface area contributed by atoms with Crippen LogP contribution in [-0.4, -0.2) is 18.8 Å². The molecule has 2 N–H and O–H groups in total. The molecule has 2 atom stereocenters. The summed E-state index contributed by atoms with van der Waals surface area (Å²) in [4.78, 5) is 0. The van der Waals surface area contributed by atoms with E-state index in [0.717, 1.165) is 0 Å². The van der Waals surface area contributed by atoms with Gasteiger partial charge in [0.05, 0.1) is 5.66 Å². The quantitative estimate of drug-likeness (QED) is 0.622. The molecule has 0 aromatic rings. The molecular formula is C11H26N2. The highest BCUT2D eigenvalue weighted by Crippen LogP contribution is 2.14. The maximum atomic E-state index is 3.63. The molecular weight excluding hydrogens is 160 g/mol. The number of nitrogens with one attached hydrogen (secondary N) is 2. The lowest BCUT2D eigenvalue weighted by atomic mass is 9.96. The first-order valence-corrected chi connectivity index (χ1v) is 5.42. The topological polar surface area (TPSA) is 24.1 Å². The van der Waals surface area contributed by atoms with Gasteiger partial charge in [0.1, 0.15) is 0 Å². The lowest BCUT2D eigenvalue weighted by molar-refractivity contribution is 0.194. The van der Waals surface area contributed by atoms with Crippen LogP contribution in [0.2, 0.25) is 0 Å². The minimum atomic E-state index is 0.0641. The van der Waals surface area contributed by atoms with Gasteiger partial charge in [-0.3, -0.25) is 5.32 Å². The van der Waals surface area contributed by atoms with Gasteiger partial charge in [-0.15, -0.1) is 0 Å². The summed E-state index contributed by atoms with van der Waals surface area (Å²) in [6.07, 6.45) is 2.48. The maximum absolute atomic E-state index is 3.63. The first-order chi connectivity index (χ1) is 5.96. The van der Waals surface area contributed by atoms with Crippen LogP contribution >= 0.6 is 0 Å². The van der Waals surface area contributed by atoms with Gasteiger partial charge in [-0.05, 0) is 33.2 Å². The molecule has 0 aliphatic heterocycles. The Balaban J connectivity index is 4.10. The highest BCUT2D eigenvalue weighted by Gasteiger charge is 2.26. The zero-order valence-corrected chi connectivity index (χ0v) is 10.1. The van der Waals surface area contributed by atoms with Crippen molar-refractivity contribution >= 4 is 0 Å². The molecule has 0 aliphatic rings. The van der Waals surface area contributed by atoms with E-state index in [1.54, 1.807) is 0 Å². The van der Waals surface area contributed by atoms with Crippen LogP contribution in [0.15, 0.2) is 0 Å². The van der Waals surface area contributed by atoms with Crippen LogP contribution in [0.25, 0.3) is 0 Å². The van der Waals surface area contributed by atoms with Crippen molar-refractivity contribution in [1.82, 2.24) is 10.6 Å². The number of hydrogen-bond donors (Lipinski definition) is 2. The van der Waals surface area contributed by atoms with Gasteiger partial charge < -0.3 is 5.32 Å². The molecule has 2 unspecified atom stereocenters. The van der Waals surface area contributed by atoms with E-state index < -0.39 is 0 Å². The van der Waals surface area contributed by atoms with Crippen molar-refractivity contribution in [2.75, 3.05) is 7.05 Å². The van der Waals surface area contributed by atoms with E-state index in [1.165, 1.54) is 12.8 Å². The fourth-order valence-corrected chi connectivity index (χ4v) is 1.54. The lowest BCUT2D eigenvalue weighted by Gasteiger charge is -2.37. The third-order valence-corrected chi connectivity index (χ3v) is 2.94. The fourth-order valence-electron chi connectivity index (χ4n) is 1.54. The molecule has 0 spiro atoms. The molecule has 2 nitrogen and oxygen atoms in total. The normalized spacial score (nSPS) is 18.7.